The van der Waals surface area contributed by atoms with Crippen LogP contribution in [0.4, 0.5) is 0 Å². The molecule has 0 bridgehead atoms. The Kier molecular flexibility index (Phi) is 4.91. The van der Waals surface area contributed by atoms with Gasteiger partial charge in [-0.25, -0.2) is 8.42 Å². The number of nitrogens with one attached hydrogen (secondary N) is 1. The lowest BCUT2D eigenvalue weighted by atomic mass is 10.1. The predicted octanol–water partition coefficient (Wildman–Crippen LogP) is 1.44. The maximum atomic E-state index is 11.9. The Labute approximate surface area is 144 Å². The van der Waals surface area contributed by atoms with Gasteiger partial charge in [-0.05, 0) is 25.0 Å². The molecule has 1 aliphatic rings. The first-order valence-electron chi connectivity index (χ1n) is 7.45. The number of benzene rings is 1. The molecule has 1 aliphatic heterocycles. The van der Waals surface area contributed by atoms with Crippen LogP contribution in [0.5, 0.6) is 0 Å². The summed E-state index contributed by atoms with van der Waals surface area (Å²) in [6, 6.07) is 7.37. The third-order valence-electron chi connectivity index (χ3n) is 3.71. The van der Waals surface area contributed by atoms with E-state index >= 15 is 0 Å². The van der Waals surface area contributed by atoms with Crippen LogP contribution in [0.1, 0.15) is 12.0 Å². The molecule has 0 spiro atoms. The maximum absolute atomic E-state index is 11.9. The van der Waals surface area contributed by atoms with Crippen molar-refractivity contribution in [2.75, 3.05) is 17.3 Å². The fraction of sp³-hybridized carbons (Fsp3) is 0.400. The Morgan fingerprint density at radius 3 is 2.88 bits per heavy atom. The Bertz CT molecular complexity index is 848. The molecule has 1 N–H and O–H groups in total. The fourth-order valence-electron chi connectivity index (χ4n) is 2.50. The highest BCUT2D eigenvalue weighted by atomic mass is 32.2. The first kappa shape index (κ1) is 17.0. The normalized spacial score (nSPS) is 19.3. The molecule has 1 aromatic carbocycles. The van der Waals surface area contributed by atoms with Crippen molar-refractivity contribution in [1.82, 2.24) is 15.5 Å². The minimum Gasteiger partial charge on any atom is -0.411 e. The van der Waals surface area contributed by atoms with E-state index in [0.717, 1.165) is 22.9 Å². The van der Waals surface area contributed by atoms with E-state index in [1.807, 2.05) is 31.2 Å². The van der Waals surface area contributed by atoms with E-state index in [0.29, 0.717) is 17.5 Å². The molecule has 128 valence electrons. The average Bonchev–Trinajstić information content (AvgIpc) is 3.12. The lowest BCUT2D eigenvalue weighted by molar-refractivity contribution is -0.119. The van der Waals surface area contributed by atoms with Crippen LogP contribution in [0, 0.1) is 6.92 Å². The van der Waals surface area contributed by atoms with Gasteiger partial charge in [0.1, 0.15) is 0 Å². The van der Waals surface area contributed by atoms with Crippen LogP contribution >= 0.6 is 11.8 Å². The molecule has 3 rings (SSSR count). The largest absolute Gasteiger partial charge is 0.411 e. The molecule has 1 amide bonds. The molecule has 0 unspecified atom stereocenters. The predicted molar refractivity (Wildman–Crippen MR) is 90.4 cm³/mol. The first-order chi connectivity index (χ1) is 11.4. The van der Waals surface area contributed by atoms with Crippen molar-refractivity contribution in [3.05, 3.63) is 29.8 Å². The van der Waals surface area contributed by atoms with Crippen LogP contribution in [0.25, 0.3) is 11.5 Å². The van der Waals surface area contributed by atoms with Gasteiger partial charge in [0.05, 0.1) is 17.3 Å². The van der Waals surface area contributed by atoms with Crippen molar-refractivity contribution in [3.8, 4) is 11.5 Å². The summed E-state index contributed by atoms with van der Waals surface area (Å²) in [5.74, 6) is 0.428. The number of carbonyl (C=O) groups is 1. The van der Waals surface area contributed by atoms with E-state index in [4.69, 9.17) is 4.42 Å². The standard InChI is InChI=1S/C15H17N3O4S2/c1-10-4-2-3-5-12(10)14-17-18-15(22-14)23-8-13(19)16-11-6-7-24(20,21)9-11/h2-5,11H,6-9H2,1H3,(H,16,19)/t11-/m0/s1. The van der Waals surface area contributed by atoms with Gasteiger partial charge in [0.15, 0.2) is 9.84 Å². The summed E-state index contributed by atoms with van der Waals surface area (Å²) in [5, 5.41) is 11.0. The molecule has 2 heterocycles. The van der Waals surface area contributed by atoms with Crippen molar-refractivity contribution < 1.29 is 17.6 Å². The third kappa shape index (κ3) is 4.15. The summed E-state index contributed by atoms with van der Waals surface area (Å²) in [6.07, 6.45) is 0.469. The molecule has 1 aromatic heterocycles. The molecule has 0 aliphatic carbocycles. The van der Waals surface area contributed by atoms with Crippen molar-refractivity contribution in [2.45, 2.75) is 24.6 Å². The van der Waals surface area contributed by atoms with Crippen LogP contribution in [0.3, 0.4) is 0 Å². The Balaban J connectivity index is 1.54. The summed E-state index contributed by atoms with van der Waals surface area (Å²) in [4.78, 5) is 11.9. The monoisotopic (exact) mass is 367 g/mol. The van der Waals surface area contributed by atoms with Gasteiger partial charge in [0, 0.05) is 11.6 Å². The van der Waals surface area contributed by atoms with Gasteiger partial charge in [-0.2, -0.15) is 0 Å². The van der Waals surface area contributed by atoms with Gasteiger partial charge in [-0.1, -0.05) is 30.0 Å². The van der Waals surface area contributed by atoms with Gasteiger partial charge < -0.3 is 9.73 Å². The second kappa shape index (κ2) is 6.94. The third-order valence-corrected chi connectivity index (χ3v) is 6.29. The molecule has 0 saturated carbocycles. The number of amides is 1. The maximum Gasteiger partial charge on any atom is 0.277 e. The smallest absolute Gasteiger partial charge is 0.277 e. The molecule has 9 heteroatoms. The van der Waals surface area contributed by atoms with Gasteiger partial charge in [-0.3, -0.25) is 4.79 Å². The highest BCUT2D eigenvalue weighted by molar-refractivity contribution is 7.99. The Morgan fingerprint density at radius 2 is 2.17 bits per heavy atom. The number of aryl methyl sites for hydroxylation is 1. The SMILES string of the molecule is Cc1ccccc1-c1nnc(SCC(=O)N[C@H]2CCS(=O)(=O)C2)o1. The number of sulfone groups is 1. The van der Waals surface area contributed by atoms with Gasteiger partial charge in [0.2, 0.25) is 11.8 Å². The number of rotatable bonds is 5. The van der Waals surface area contributed by atoms with Crippen LogP contribution in [0.15, 0.2) is 33.9 Å². The molecule has 24 heavy (non-hydrogen) atoms. The van der Waals surface area contributed by atoms with Crippen molar-refractivity contribution in [1.29, 1.82) is 0 Å². The lowest BCUT2D eigenvalue weighted by Gasteiger charge is -2.09. The summed E-state index contributed by atoms with van der Waals surface area (Å²) in [7, 11) is -3.00. The van der Waals surface area contributed by atoms with Crippen molar-refractivity contribution in [2.24, 2.45) is 0 Å². The number of aromatic nitrogens is 2. The fourth-order valence-corrected chi connectivity index (χ4v) is 4.74. The number of nitrogens with zero attached hydrogens (tertiary/aromatic N) is 2. The number of carbonyl (C=O) groups excluding carboxylic acids is 1. The first-order valence-corrected chi connectivity index (χ1v) is 10.3. The number of hydrogen-bond donors (Lipinski definition) is 1. The van der Waals surface area contributed by atoms with E-state index < -0.39 is 9.84 Å². The minimum absolute atomic E-state index is 0.0153. The van der Waals surface area contributed by atoms with Crippen molar-refractivity contribution >= 4 is 27.5 Å². The van der Waals surface area contributed by atoms with E-state index in [1.54, 1.807) is 0 Å². The lowest BCUT2D eigenvalue weighted by Crippen LogP contribution is -2.36. The molecular weight excluding hydrogens is 350 g/mol. The molecule has 0 radical (unpaired) electrons. The molecule has 2 aromatic rings. The van der Waals surface area contributed by atoms with E-state index in [2.05, 4.69) is 15.5 Å². The Morgan fingerprint density at radius 1 is 1.38 bits per heavy atom. The molecule has 1 fully saturated rings. The van der Waals surface area contributed by atoms with Crippen LogP contribution in [-0.2, 0) is 14.6 Å². The molecular formula is C15H17N3O4S2. The summed E-state index contributed by atoms with van der Waals surface area (Å²) in [6.45, 7) is 1.95. The van der Waals surface area contributed by atoms with Gasteiger partial charge in [0.25, 0.3) is 5.22 Å². The highest BCUT2D eigenvalue weighted by Crippen LogP contribution is 2.25. The Hall–Kier alpha value is -1.87. The van der Waals surface area contributed by atoms with Crippen LogP contribution in [-0.4, -0.2) is 47.8 Å². The highest BCUT2D eigenvalue weighted by Gasteiger charge is 2.28. The van der Waals surface area contributed by atoms with E-state index in [1.165, 1.54) is 0 Å². The average molecular weight is 367 g/mol. The molecule has 1 saturated heterocycles. The zero-order chi connectivity index (χ0) is 17.2. The zero-order valence-corrected chi connectivity index (χ0v) is 14.7. The van der Waals surface area contributed by atoms with Crippen LogP contribution < -0.4 is 5.32 Å². The van der Waals surface area contributed by atoms with Gasteiger partial charge >= 0.3 is 0 Å². The van der Waals surface area contributed by atoms with E-state index in [-0.39, 0.29) is 29.2 Å². The molecule has 1 atom stereocenters. The van der Waals surface area contributed by atoms with Crippen LogP contribution in [0.2, 0.25) is 0 Å². The summed E-state index contributed by atoms with van der Waals surface area (Å²) in [5.41, 5.74) is 1.88. The number of thioether (sulfide) groups is 1. The second-order valence-electron chi connectivity index (χ2n) is 5.64. The molecule has 7 nitrogen and oxygen atoms in total. The zero-order valence-electron chi connectivity index (χ0n) is 13.1. The van der Waals surface area contributed by atoms with Gasteiger partial charge in [-0.15, -0.1) is 10.2 Å². The quantitative estimate of drug-likeness (QED) is 0.798. The van der Waals surface area contributed by atoms with Crippen molar-refractivity contribution in [3.63, 3.8) is 0 Å². The summed E-state index contributed by atoms with van der Waals surface area (Å²) < 4.78 is 28.3. The summed E-state index contributed by atoms with van der Waals surface area (Å²) >= 11 is 1.13. The minimum atomic E-state index is -3.00. The second-order valence-corrected chi connectivity index (χ2v) is 8.80. The van der Waals surface area contributed by atoms with E-state index in [9.17, 15) is 13.2 Å². The topological polar surface area (TPSA) is 102 Å². The number of hydrogen-bond acceptors (Lipinski definition) is 7.